The highest BCUT2D eigenvalue weighted by Crippen LogP contribution is 2.13. The molecule has 0 atom stereocenters. The van der Waals surface area contributed by atoms with E-state index in [1.165, 1.54) is 37.9 Å². The zero-order chi connectivity index (χ0) is 9.80. The normalized spacial score (nSPS) is 18.3. The number of likely N-dealkylation sites (tertiary alicyclic amines) is 1. The minimum absolute atomic E-state index is 0.375. The number of aromatic nitrogens is 1. The molecule has 1 aromatic heterocycles. The lowest BCUT2D eigenvalue weighted by Crippen LogP contribution is -2.29. The van der Waals surface area contributed by atoms with E-state index in [4.69, 9.17) is 5.73 Å². The molecule has 75 valence electrons. The van der Waals surface area contributed by atoms with Gasteiger partial charge in [0.15, 0.2) is 0 Å². The van der Waals surface area contributed by atoms with Crippen LogP contribution in [0.3, 0.4) is 0 Å². The molecule has 3 heteroatoms. The molecule has 2 heterocycles. The maximum atomic E-state index is 7.42. The molecule has 1 aromatic rings. The van der Waals surface area contributed by atoms with Crippen molar-refractivity contribution < 1.29 is 0 Å². The fourth-order valence-corrected chi connectivity index (χ4v) is 1.95. The zero-order valence-corrected chi connectivity index (χ0v) is 8.37. The standard InChI is InChI=1S/C11H16N3/c12-11-8-10(4-5-13-11)9-14-6-2-1-3-7-14/h4-5,8,12H,1-3,6-7,9H2. The molecule has 0 amide bonds. The molecule has 0 unspecified atom stereocenters. The van der Waals surface area contributed by atoms with Gasteiger partial charge in [-0.1, -0.05) is 6.42 Å². The van der Waals surface area contributed by atoms with Gasteiger partial charge in [-0.05, 0) is 43.6 Å². The van der Waals surface area contributed by atoms with Crippen LogP contribution in [-0.4, -0.2) is 23.0 Å². The summed E-state index contributed by atoms with van der Waals surface area (Å²) in [6.45, 7) is 3.39. The quantitative estimate of drug-likeness (QED) is 0.715. The molecule has 2 rings (SSSR count). The third kappa shape index (κ3) is 2.45. The smallest absolute Gasteiger partial charge is 0.144 e. The van der Waals surface area contributed by atoms with Gasteiger partial charge < -0.3 is 0 Å². The number of piperidine rings is 1. The number of nitrogens with one attached hydrogen (secondary N) is 1. The summed E-state index contributed by atoms with van der Waals surface area (Å²) in [5.41, 5.74) is 8.64. The molecule has 1 fully saturated rings. The van der Waals surface area contributed by atoms with Crippen LogP contribution in [0, 0.1) is 0 Å². The van der Waals surface area contributed by atoms with Crippen LogP contribution in [0.25, 0.3) is 0 Å². The van der Waals surface area contributed by atoms with Crippen LogP contribution in [0.15, 0.2) is 18.3 Å². The molecular weight excluding hydrogens is 174 g/mol. The highest BCUT2D eigenvalue weighted by Gasteiger charge is 2.10. The number of hydrogen-bond donors (Lipinski definition) is 0. The van der Waals surface area contributed by atoms with E-state index in [1.807, 2.05) is 12.1 Å². The zero-order valence-electron chi connectivity index (χ0n) is 8.37. The average Bonchev–Trinajstić information content (AvgIpc) is 2.19. The van der Waals surface area contributed by atoms with E-state index >= 15 is 0 Å². The van der Waals surface area contributed by atoms with Crippen molar-refractivity contribution in [1.29, 1.82) is 0 Å². The van der Waals surface area contributed by atoms with Gasteiger partial charge in [0.2, 0.25) is 0 Å². The highest BCUT2D eigenvalue weighted by molar-refractivity contribution is 5.28. The first-order valence-electron chi connectivity index (χ1n) is 5.23. The fraction of sp³-hybridized carbons (Fsp3) is 0.545. The van der Waals surface area contributed by atoms with Gasteiger partial charge in [-0.3, -0.25) is 10.6 Å². The Balaban J connectivity index is 1.95. The van der Waals surface area contributed by atoms with E-state index in [0.717, 1.165) is 6.54 Å². The van der Waals surface area contributed by atoms with E-state index in [-0.39, 0.29) is 0 Å². The molecule has 1 aliphatic heterocycles. The summed E-state index contributed by atoms with van der Waals surface area (Å²) >= 11 is 0. The van der Waals surface area contributed by atoms with Crippen LogP contribution in [-0.2, 0) is 6.54 Å². The lowest BCUT2D eigenvalue weighted by molar-refractivity contribution is 0.221. The van der Waals surface area contributed by atoms with Gasteiger partial charge in [-0.2, -0.15) is 0 Å². The van der Waals surface area contributed by atoms with Crippen molar-refractivity contribution in [3.8, 4) is 0 Å². The van der Waals surface area contributed by atoms with Gasteiger partial charge in [-0.25, -0.2) is 4.98 Å². The van der Waals surface area contributed by atoms with Gasteiger partial charge in [0.05, 0.1) is 0 Å². The third-order valence-corrected chi connectivity index (χ3v) is 2.68. The van der Waals surface area contributed by atoms with Crippen LogP contribution >= 0.6 is 0 Å². The van der Waals surface area contributed by atoms with E-state index < -0.39 is 0 Å². The summed E-state index contributed by atoms with van der Waals surface area (Å²) in [6, 6.07) is 3.86. The van der Waals surface area contributed by atoms with Crippen LogP contribution in [0.5, 0.6) is 0 Å². The Labute approximate surface area is 84.9 Å². The fourth-order valence-electron chi connectivity index (χ4n) is 1.95. The maximum absolute atomic E-state index is 7.42. The molecule has 0 aromatic carbocycles. The minimum Gasteiger partial charge on any atom is -0.299 e. The van der Waals surface area contributed by atoms with E-state index in [1.54, 1.807) is 6.20 Å². The topological polar surface area (TPSA) is 39.9 Å². The number of pyridine rings is 1. The van der Waals surface area contributed by atoms with E-state index in [0.29, 0.717) is 5.82 Å². The monoisotopic (exact) mass is 190 g/mol. The molecule has 3 nitrogen and oxygen atoms in total. The van der Waals surface area contributed by atoms with Crippen molar-refractivity contribution in [3.05, 3.63) is 23.9 Å². The molecule has 1 aliphatic rings. The van der Waals surface area contributed by atoms with E-state index in [9.17, 15) is 0 Å². The lowest BCUT2D eigenvalue weighted by atomic mass is 10.1. The average molecular weight is 190 g/mol. The van der Waals surface area contributed by atoms with E-state index in [2.05, 4.69) is 9.88 Å². The molecular formula is C11H16N3. The van der Waals surface area contributed by atoms with Crippen LogP contribution in [0.1, 0.15) is 24.8 Å². The highest BCUT2D eigenvalue weighted by atomic mass is 15.1. The van der Waals surface area contributed by atoms with Gasteiger partial charge in [0.1, 0.15) is 5.82 Å². The van der Waals surface area contributed by atoms with Crippen LogP contribution in [0.2, 0.25) is 0 Å². The van der Waals surface area contributed by atoms with Crippen molar-refractivity contribution in [2.24, 2.45) is 0 Å². The Kier molecular flexibility index (Phi) is 2.99. The maximum Gasteiger partial charge on any atom is 0.144 e. The summed E-state index contributed by atoms with van der Waals surface area (Å²) in [5.74, 6) is 0.375. The Morgan fingerprint density at radius 1 is 1.29 bits per heavy atom. The summed E-state index contributed by atoms with van der Waals surface area (Å²) in [7, 11) is 0. The summed E-state index contributed by atoms with van der Waals surface area (Å²) in [4.78, 5) is 6.34. The largest absolute Gasteiger partial charge is 0.299 e. The Hall–Kier alpha value is -1.09. The molecule has 0 aliphatic carbocycles. The first kappa shape index (κ1) is 9.46. The minimum atomic E-state index is 0.375. The molecule has 14 heavy (non-hydrogen) atoms. The molecule has 0 spiro atoms. The van der Waals surface area contributed by atoms with Gasteiger partial charge >= 0.3 is 0 Å². The first-order chi connectivity index (χ1) is 6.84. The summed E-state index contributed by atoms with van der Waals surface area (Å²) in [6.07, 6.45) is 5.73. The van der Waals surface area contributed by atoms with Crippen LogP contribution < -0.4 is 5.73 Å². The predicted octanol–water partition coefficient (Wildman–Crippen LogP) is 1.98. The van der Waals surface area contributed by atoms with Gasteiger partial charge in [0, 0.05) is 12.7 Å². The van der Waals surface area contributed by atoms with Gasteiger partial charge in [-0.15, -0.1) is 0 Å². The molecule has 0 bridgehead atoms. The third-order valence-electron chi connectivity index (χ3n) is 2.68. The molecule has 1 saturated heterocycles. The van der Waals surface area contributed by atoms with Crippen molar-refractivity contribution in [2.75, 3.05) is 13.1 Å². The Bertz CT molecular complexity index is 292. The lowest BCUT2D eigenvalue weighted by Gasteiger charge is -2.26. The van der Waals surface area contributed by atoms with Crippen molar-refractivity contribution in [1.82, 2.24) is 15.6 Å². The van der Waals surface area contributed by atoms with Crippen LogP contribution in [0.4, 0.5) is 5.82 Å². The molecule has 1 N–H and O–H groups in total. The SMILES string of the molecule is [NH]c1cc(CN2CCCCC2)ccn1. The Morgan fingerprint density at radius 2 is 2.07 bits per heavy atom. The number of rotatable bonds is 2. The summed E-state index contributed by atoms with van der Waals surface area (Å²) in [5, 5.41) is 0. The number of nitrogens with zero attached hydrogens (tertiary/aromatic N) is 2. The van der Waals surface area contributed by atoms with Crippen molar-refractivity contribution in [2.45, 2.75) is 25.8 Å². The second-order valence-electron chi connectivity index (χ2n) is 3.89. The second-order valence-corrected chi connectivity index (χ2v) is 3.89. The van der Waals surface area contributed by atoms with Crippen molar-refractivity contribution in [3.63, 3.8) is 0 Å². The molecule has 1 radical (unpaired) electrons. The summed E-state index contributed by atoms with van der Waals surface area (Å²) < 4.78 is 0. The number of hydrogen-bond acceptors (Lipinski definition) is 2. The Morgan fingerprint density at radius 3 is 2.79 bits per heavy atom. The first-order valence-corrected chi connectivity index (χ1v) is 5.23. The molecule has 0 saturated carbocycles. The van der Waals surface area contributed by atoms with Crippen molar-refractivity contribution >= 4 is 5.82 Å². The second kappa shape index (κ2) is 4.42. The predicted molar refractivity (Wildman–Crippen MR) is 56.1 cm³/mol. The van der Waals surface area contributed by atoms with Gasteiger partial charge in [0.25, 0.3) is 0 Å².